The highest BCUT2D eigenvalue weighted by Gasteiger charge is 2.75. The summed E-state index contributed by atoms with van der Waals surface area (Å²) in [5, 5.41) is 10.9. The van der Waals surface area contributed by atoms with Crippen molar-refractivity contribution >= 4 is 35.1 Å². The Balaban J connectivity index is 1.81. The van der Waals surface area contributed by atoms with E-state index in [2.05, 4.69) is 6.58 Å². The molecule has 36 heavy (non-hydrogen) atoms. The summed E-state index contributed by atoms with van der Waals surface area (Å²) in [5.74, 6) is -2.57. The van der Waals surface area contributed by atoms with E-state index in [1.807, 2.05) is 13.8 Å². The van der Waals surface area contributed by atoms with Crippen LogP contribution in [0.3, 0.4) is 0 Å². The number of amides is 2. The molecule has 4 rings (SSSR count). The predicted octanol–water partition coefficient (Wildman–Crippen LogP) is 3.20. The maximum absolute atomic E-state index is 14.4. The lowest BCUT2D eigenvalue weighted by Gasteiger charge is -2.39. The molecule has 0 radical (unpaired) electrons. The minimum atomic E-state index is -1.16. The van der Waals surface area contributed by atoms with E-state index in [-0.39, 0.29) is 37.5 Å². The summed E-state index contributed by atoms with van der Waals surface area (Å²) in [6.07, 6.45) is 2.68. The van der Waals surface area contributed by atoms with E-state index in [1.54, 1.807) is 42.2 Å². The third-order valence-electron chi connectivity index (χ3n) is 7.59. The number of ether oxygens (including phenoxy) is 2. The molecule has 3 fully saturated rings. The van der Waals surface area contributed by atoms with E-state index < -0.39 is 41.6 Å². The molecule has 3 heterocycles. The topological polar surface area (TPSA) is 96.4 Å². The molecule has 0 aromatic heterocycles. The molecule has 1 spiro atoms. The van der Waals surface area contributed by atoms with Gasteiger partial charge in [-0.3, -0.25) is 14.4 Å². The van der Waals surface area contributed by atoms with E-state index in [0.29, 0.717) is 30.0 Å². The van der Waals surface area contributed by atoms with Gasteiger partial charge in [-0.2, -0.15) is 0 Å². The Morgan fingerprint density at radius 2 is 2.06 bits per heavy atom. The standard InChI is InChI=1S/C27H35ClN2O6/c1-5-13-29(18-9-7-17(28)8-10-18)25(33)23-27-12-11-20(36-27)21(26(34)35-6-2)22(27)24(32)30(23)19(15-31)14-16(3)4/h5,7-10,16,19-23,31H,1,6,11-15H2,2-4H3/t19-,20-,21+,22+,23?,27?/m1/s1. The SMILES string of the molecule is C=CCN(C(=O)C1N([C@@H](CO)CC(C)C)C(=O)[C@@H]2[C@@H](C(=O)OCC)[C@H]3CCC12O3)c1ccc(Cl)cc1. The molecule has 0 aliphatic carbocycles. The molecular formula is C27H35ClN2O6. The van der Waals surface area contributed by atoms with Gasteiger partial charge >= 0.3 is 5.97 Å². The molecule has 196 valence electrons. The van der Waals surface area contributed by atoms with Gasteiger partial charge in [-0.25, -0.2) is 0 Å². The van der Waals surface area contributed by atoms with Crippen LogP contribution in [-0.4, -0.2) is 71.3 Å². The van der Waals surface area contributed by atoms with Crippen LogP contribution >= 0.6 is 11.6 Å². The third kappa shape index (κ3) is 4.33. The molecular weight excluding hydrogens is 484 g/mol. The van der Waals surface area contributed by atoms with Crippen LogP contribution < -0.4 is 4.90 Å². The number of fused-ring (bicyclic) bond motifs is 1. The largest absolute Gasteiger partial charge is 0.466 e. The zero-order valence-electron chi connectivity index (χ0n) is 21.1. The van der Waals surface area contributed by atoms with Gasteiger partial charge in [-0.05, 0) is 56.4 Å². The Kier molecular flexibility index (Phi) is 7.78. The van der Waals surface area contributed by atoms with E-state index in [9.17, 15) is 19.5 Å². The Labute approximate surface area is 217 Å². The van der Waals surface area contributed by atoms with Crippen molar-refractivity contribution in [3.05, 3.63) is 41.9 Å². The number of aliphatic hydroxyl groups is 1. The van der Waals surface area contributed by atoms with Crippen LogP contribution in [0.1, 0.15) is 40.0 Å². The highest BCUT2D eigenvalue weighted by Crippen LogP contribution is 2.59. The molecule has 2 amide bonds. The molecule has 1 aromatic carbocycles. The fourth-order valence-electron chi connectivity index (χ4n) is 6.31. The molecule has 2 bridgehead atoms. The average molecular weight is 519 g/mol. The van der Waals surface area contributed by atoms with Crippen molar-refractivity contribution in [1.82, 2.24) is 4.90 Å². The lowest BCUT2D eigenvalue weighted by Crippen LogP contribution is -2.59. The van der Waals surface area contributed by atoms with Crippen LogP contribution in [0.2, 0.25) is 5.02 Å². The maximum atomic E-state index is 14.4. The zero-order chi connectivity index (χ0) is 26.2. The summed E-state index contributed by atoms with van der Waals surface area (Å²) in [5.41, 5.74) is -0.553. The molecule has 9 heteroatoms. The number of carbonyl (C=O) groups excluding carboxylic acids is 3. The van der Waals surface area contributed by atoms with Gasteiger partial charge in [-0.15, -0.1) is 6.58 Å². The number of benzene rings is 1. The molecule has 2 unspecified atom stereocenters. The van der Waals surface area contributed by atoms with Gasteiger partial charge in [0.05, 0.1) is 37.2 Å². The second-order valence-corrected chi connectivity index (χ2v) is 10.7. The van der Waals surface area contributed by atoms with Crippen LogP contribution in [0.15, 0.2) is 36.9 Å². The molecule has 3 saturated heterocycles. The average Bonchev–Trinajstić information content (AvgIpc) is 3.49. The van der Waals surface area contributed by atoms with Crippen LogP contribution in [0.5, 0.6) is 0 Å². The number of nitrogens with zero attached hydrogens (tertiary/aromatic N) is 2. The minimum Gasteiger partial charge on any atom is -0.466 e. The van der Waals surface area contributed by atoms with Crippen molar-refractivity contribution in [2.75, 3.05) is 24.7 Å². The number of carbonyl (C=O) groups is 3. The van der Waals surface area contributed by atoms with Crippen LogP contribution in [0, 0.1) is 17.8 Å². The monoisotopic (exact) mass is 518 g/mol. The van der Waals surface area contributed by atoms with Crippen molar-refractivity contribution in [3.8, 4) is 0 Å². The van der Waals surface area contributed by atoms with E-state index in [4.69, 9.17) is 21.1 Å². The second-order valence-electron chi connectivity index (χ2n) is 10.2. The first-order valence-electron chi connectivity index (χ1n) is 12.6. The lowest BCUT2D eigenvalue weighted by molar-refractivity contribution is -0.155. The first-order valence-corrected chi connectivity index (χ1v) is 13.0. The van der Waals surface area contributed by atoms with Crippen molar-refractivity contribution in [3.63, 3.8) is 0 Å². The van der Waals surface area contributed by atoms with Gasteiger partial charge in [0.15, 0.2) is 0 Å². The first-order chi connectivity index (χ1) is 17.2. The summed E-state index contributed by atoms with van der Waals surface area (Å²) in [7, 11) is 0. The molecule has 1 aromatic rings. The quantitative estimate of drug-likeness (QED) is 0.377. The Hall–Kier alpha value is -2.42. The van der Waals surface area contributed by atoms with Gasteiger partial charge < -0.3 is 24.4 Å². The molecule has 3 aliphatic rings. The van der Waals surface area contributed by atoms with Crippen LogP contribution in [0.4, 0.5) is 5.69 Å². The second kappa shape index (κ2) is 10.5. The van der Waals surface area contributed by atoms with E-state index in [1.165, 1.54) is 4.90 Å². The van der Waals surface area contributed by atoms with E-state index >= 15 is 0 Å². The fraction of sp³-hybridized carbons (Fsp3) is 0.593. The number of likely N-dealkylation sites (tertiary alicyclic amines) is 1. The molecule has 3 aliphatic heterocycles. The fourth-order valence-corrected chi connectivity index (χ4v) is 6.44. The number of esters is 1. The smallest absolute Gasteiger partial charge is 0.312 e. The Morgan fingerprint density at radius 3 is 2.64 bits per heavy atom. The number of hydrogen-bond donors (Lipinski definition) is 1. The number of aliphatic hydroxyl groups excluding tert-OH is 1. The Morgan fingerprint density at radius 1 is 1.36 bits per heavy atom. The minimum absolute atomic E-state index is 0.169. The summed E-state index contributed by atoms with van der Waals surface area (Å²) < 4.78 is 11.8. The first kappa shape index (κ1) is 26.6. The third-order valence-corrected chi connectivity index (χ3v) is 7.85. The summed E-state index contributed by atoms with van der Waals surface area (Å²) in [4.78, 5) is 44.5. The normalized spacial score (nSPS) is 29.4. The number of hydrogen-bond acceptors (Lipinski definition) is 6. The zero-order valence-corrected chi connectivity index (χ0v) is 21.8. The number of halogens is 1. The summed E-state index contributed by atoms with van der Waals surface area (Å²) in [6, 6.07) is 5.29. The Bertz CT molecular complexity index is 1010. The van der Waals surface area contributed by atoms with E-state index in [0.717, 1.165) is 0 Å². The van der Waals surface area contributed by atoms with Gasteiger partial charge in [0.2, 0.25) is 5.91 Å². The number of anilines is 1. The predicted molar refractivity (Wildman–Crippen MR) is 135 cm³/mol. The summed E-state index contributed by atoms with van der Waals surface area (Å²) >= 11 is 6.08. The molecule has 0 saturated carbocycles. The van der Waals surface area contributed by atoms with Gasteiger partial charge in [0.1, 0.15) is 11.6 Å². The van der Waals surface area contributed by atoms with Crippen LogP contribution in [0.25, 0.3) is 0 Å². The lowest BCUT2D eigenvalue weighted by atomic mass is 9.70. The van der Waals surface area contributed by atoms with Crippen molar-refractivity contribution in [1.29, 1.82) is 0 Å². The molecule has 6 atom stereocenters. The van der Waals surface area contributed by atoms with Crippen molar-refractivity contribution in [2.45, 2.75) is 63.8 Å². The van der Waals surface area contributed by atoms with Gasteiger partial charge in [-0.1, -0.05) is 31.5 Å². The van der Waals surface area contributed by atoms with Crippen molar-refractivity contribution in [2.24, 2.45) is 17.8 Å². The highest BCUT2D eigenvalue weighted by atomic mass is 35.5. The molecule has 1 N–H and O–H groups in total. The summed E-state index contributed by atoms with van der Waals surface area (Å²) in [6.45, 7) is 9.64. The van der Waals surface area contributed by atoms with Gasteiger partial charge in [0.25, 0.3) is 5.91 Å². The van der Waals surface area contributed by atoms with Crippen molar-refractivity contribution < 1.29 is 29.0 Å². The molecule has 8 nitrogen and oxygen atoms in total. The maximum Gasteiger partial charge on any atom is 0.312 e. The number of rotatable bonds is 10. The highest BCUT2D eigenvalue weighted by molar-refractivity contribution is 6.30. The van der Waals surface area contributed by atoms with Crippen LogP contribution in [-0.2, 0) is 23.9 Å². The van der Waals surface area contributed by atoms with Gasteiger partial charge in [0, 0.05) is 17.3 Å².